The molecule has 0 saturated heterocycles. The Morgan fingerprint density at radius 1 is 1.25 bits per heavy atom. The number of halogens is 1. The van der Waals surface area contributed by atoms with Crippen molar-refractivity contribution >= 4 is 27.5 Å². The average Bonchev–Trinajstić information content (AvgIpc) is 2.56. The highest BCUT2D eigenvalue weighted by Crippen LogP contribution is 2.14. The summed E-state index contributed by atoms with van der Waals surface area (Å²) in [4.78, 5) is 16.0. The number of hydrogen-bond donors (Lipinski definition) is 2. The Morgan fingerprint density at radius 2 is 1.96 bits per heavy atom. The largest absolute Gasteiger partial charge is 0.349 e. The molecule has 2 aromatic rings. The third-order valence-electron chi connectivity index (χ3n) is 3.33. The van der Waals surface area contributed by atoms with Gasteiger partial charge in [-0.05, 0) is 42.8 Å². The normalized spacial score (nSPS) is 12.6. The third-order valence-corrected chi connectivity index (χ3v) is 5.06. The van der Waals surface area contributed by atoms with Gasteiger partial charge in [0.15, 0.2) is 0 Å². The van der Waals surface area contributed by atoms with E-state index in [2.05, 4.69) is 15.0 Å². The lowest BCUT2D eigenvalue weighted by molar-refractivity contribution is -0.121. The van der Waals surface area contributed by atoms with E-state index in [4.69, 9.17) is 11.6 Å². The number of nitrogens with zero attached hydrogens (tertiary/aromatic N) is 1. The van der Waals surface area contributed by atoms with Crippen molar-refractivity contribution in [2.24, 2.45) is 0 Å². The van der Waals surface area contributed by atoms with Crippen molar-refractivity contribution in [2.45, 2.75) is 24.3 Å². The molecular formula is C16H18ClN3O3S. The van der Waals surface area contributed by atoms with Crippen LogP contribution in [-0.2, 0) is 14.8 Å². The Hall–Kier alpha value is -1.96. The molecule has 0 fully saturated rings. The molecule has 1 aromatic carbocycles. The second-order valence-electron chi connectivity index (χ2n) is 5.18. The summed E-state index contributed by atoms with van der Waals surface area (Å²) in [5, 5.41) is 3.25. The van der Waals surface area contributed by atoms with Crippen LogP contribution in [0.15, 0.2) is 53.7 Å². The number of aromatic nitrogens is 1. The second kappa shape index (κ2) is 8.23. The first-order chi connectivity index (χ1) is 11.4. The molecule has 1 atom stereocenters. The van der Waals surface area contributed by atoms with Crippen LogP contribution in [0.2, 0.25) is 5.02 Å². The van der Waals surface area contributed by atoms with Gasteiger partial charge in [0.1, 0.15) is 0 Å². The van der Waals surface area contributed by atoms with E-state index in [1.807, 2.05) is 13.0 Å². The molecule has 6 nitrogen and oxygen atoms in total. The molecule has 0 unspecified atom stereocenters. The van der Waals surface area contributed by atoms with Gasteiger partial charge in [-0.2, -0.15) is 0 Å². The quantitative estimate of drug-likeness (QED) is 0.785. The molecule has 0 aliphatic rings. The molecular weight excluding hydrogens is 350 g/mol. The van der Waals surface area contributed by atoms with Crippen LogP contribution in [0.4, 0.5) is 0 Å². The molecule has 24 heavy (non-hydrogen) atoms. The highest BCUT2D eigenvalue weighted by Gasteiger charge is 2.15. The molecule has 0 aliphatic carbocycles. The van der Waals surface area contributed by atoms with Crippen molar-refractivity contribution in [1.82, 2.24) is 15.0 Å². The highest BCUT2D eigenvalue weighted by molar-refractivity contribution is 7.89. The number of benzene rings is 1. The van der Waals surface area contributed by atoms with Gasteiger partial charge in [-0.3, -0.25) is 9.78 Å². The topological polar surface area (TPSA) is 88.2 Å². The zero-order chi connectivity index (χ0) is 17.6. The van der Waals surface area contributed by atoms with Crippen molar-refractivity contribution < 1.29 is 13.2 Å². The first-order valence-electron chi connectivity index (χ1n) is 7.33. The van der Waals surface area contributed by atoms with Gasteiger partial charge in [0.05, 0.1) is 10.9 Å². The van der Waals surface area contributed by atoms with Gasteiger partial charge in [-0.15, -0.1) is 0 Å². The summed E-state index contributed by atoms with van der Waals surface area (Å²) in [6.07, 6.45) is 3.37. The van der Waals surface area contributed by atoms with E-state index in [0.29, 0.717) is 5.02 Å². The lowest BCUT2D eigenvalue weighted by Crippen LogP contribution is -2.32. The minimum absolute atomic E-state index is 0.0105. The van der Waals surface area contributed by atoms with Crippen molar-refractivity contribution in [1.29, 1.82) is 0 Å². The number of hydrogen-bond acceptors (Lipinski definition) is 4. The van der Waals surface area contributed by atoms with Crippen LogP contribution < -0.4 is 10.0 Å². The standard InChI is InChI=1S/C16H18ClN3O3S/c1-12(13-3-2-9-18-11-13)20-16(21)8-10-19-24(22,23)15-6-4-14(17)5-7-15/h2-7,9,11-12,19H,8,10H2,1H3,(H,20,21)/t12-/m0/s1. The summed E-state index contributed by atoms with van der Waals surface area (Å²) >= 11 is 5.73. The monoisotopic (exact) mass is 367 g/mol. The van der Waals surface area contributed by atoms with Gasteiger partial charge < -0.3 is 5.32 Å². The zero-order valence-electron chi connectivity index (χ0n) is 13.1. The number of sulfonamides is 1. The smallest absolute Gasteiger partial charge is 0.240 e. The highest BCUT2D eigenvalue weighted by atomic mass is 35.5. The van der Waals surface area contributed by atoms with Crippen molar-refractivity contribution in [3.8, 4) is 0 Å². The predicted molar refractivity (Wildman–Crippen MR) is 92.1 cm³/mol. The van der Waals surface area contributed by atoms with E-state index in [1.165, 1.54) is 24.3 Å². The van der Waals surface area contributed by atoms with Gasteiger partial charge in [0, 0.05) is 30.4 Å². The SMILES string of the molecule is C[C@H](NC(=O)CCNS(=O)(=O)c1ccc(Cl)cc1)c1cccnc1. The maximum absolute atomic E-state index is 12.1. The summed E-state index contributed by atoms with van der Waals surface area (Å²) in [6.45, 7) is 1.85. The van der Waals surface area contributed by atoms with Crippen LogP contribution in [0, 0.1) is 0 Å². The fraction of sp³-hybridized carbons (Fsp3) is 0.250. The van der Waals surface area contributed by atoms with Crippen LogP contribution >= 0.6 is 11.6 Å². The molecule has 1 aromatic heterocycles. The summed E-state index contributed by atoms with van der Waals surface area (Å²) in [5.41, 5.74) is 0.882. The average molecular weight is 368 g/mol. The van der Waals surface area contributed by atoms with Crippen LogP contribution in [0.3, 0.4) is 0 Å². The number of amides is 1. The second-order valence-corrected chi connectivity index (χ2v) is 7.38. The summed E-state index contributed by atoms with van der Waals surface area (Å²) in [7, 11) is -3.65. The van der Waals surface area contributed by atoms with E-state index in [1.54, 1.807) is 18.5 Å². The van der Waals surface area contributed by atoms with Crippen molar-refractivity contribution in [3.63, 3.8) is 0 Å². The van der Waals surface area contributed by atoms with Crippen LogP contribution in [0.1, 0.15) is 24.9 Å². The predicted octanol–water partition coefficient (Wildman–Crippen LogP) is 2.28. The molecule has 2 N–H and O–H groups in total. The minimum Gasteiger partial charge on any atom is -0.349 e. The number of pyridine rings is 1. The molecule has 0 radical (unpaired) electrons. The summed E-state index contributed by atoms with van der Waals surface area (Å²) in [5.74, 6) is -0.245. The van der Waals surface area contributed by atoms with Gasteiger partial charge in [-0.25, -0.2) is 13.1 Å². The van der Waals surface area contributed by atoms with E-state index < -0.39 is 10.0 Å². The van der Waals surface area contributed by atoms with E-state index in [0.717, 1.165) is 5.56 Å². The Kier molecular flexibility index (Phi) is 6.30. The fourth-order valence-corrected chi connectivity index (χ4v) is 3.18. The Labute approximate surface area is 146 Å². The first kappa shape index (κ1) is 18.4. The molecule has 2 rings (SSSR count). The van der Waals surface area contributed by atoms with E-state index >= 15 is 0 Å². The van der Waals surface area contributed by atoms with Crippen molar-refractivity contribution in [2.75, 3.05) is 6.54 Å². The zero-order valence-corrected chi connectivity index (χ0v) is 14.6. The number of carbonyl (C=O) groups is 1. The fourth-order valence-electron chi connectivity index (χ4n) is 2.03. The maximum atomic E-state index is 12.1. The maximum Gasteiger partial charge on any atom is 0.240 e. The number of carbonyl (C=O) groups excluding carboxylic acids is 1. The first-order valence-corrected chi connectivity index (χ1v) is 9.19. The van der Waals surface area contributed by atoms with Crippen LogP contribution in [0.5, 0.6) is 0 Å². The molecule has 0 aliphatic heterocycles. The van der Waals surface area contributed by atoms with Gasteiger partial charge in [0.2, 0.25) is 15.9 Å². The Bertz CT molecular complexity index is 780. The minimum atomic E-state index is -3.65. The molecule has 1 amide bonds. The molecule has 0 bridgehead atoms. The molecule has 0 saturated carbocycles. The number of rotatable bonds is 7. The van der Waals surface area contributed by atoms with Crippen LogP contribution in [0.25, 0.3) is 0 Å². The summed E-state index contributed by atoms with van der Waals surface area (Å²) in [6, 6.07) is 9.28. The molecule has 128 valence electrons. The lowest BCUT2D eigenvalue weighted by Gasteiger charge is -2.14. The number of nitrogens with one attached hydrogen (secondary N) is 2. The Balaban J connectivity index is 1.83. The van der Waals surface area contributed by atoms with E-state index in [9.17, 15) is 13.2 Å². The summed E-state index contributed by atoms with van der Waals surface area (Å²) < 4.78 is 26.5. The van der Waals surface area contributed by atoms with Crippen LogP contribution in [-0.4, -0.2) is 25.9 Å². The van der Waals surface area contributed by atoms with Crippen molar-refractivity contribution in [3.05, 3.63) is 59.4 Å². The van der Waals surface area contributed by atoms with Gasteiger partial charge in [0.25, 0.3) is 0 Å². The Morgan fingerprint density at radius 3 is 2.58 bits per heavy atom. The van der Waals surface area contributed by atoms with E-state index in [-0.39, 0.29) is 29.8 Å². The third kappa shape index (κ3) is 5.30. The van der Waals surface area contributed by atoms with Gasteiger partial charge >= 0.3 is 0 Å². The molecule has 8 heteroatoms. The van der Waals surface area contributed by atoms with Gasteiger partial charge in [-0.1, -0.05) is 17.7 Å². The lowest BCUT2D eigenvalue weighted by atomic mass is 10.1. The molecule has 1 heterocycles. The molecule has 0 spiro atoms.